The van der Waals surface area contributed by atoms with Crippen molar-refractivity contribution >= 4 is 39.1 Å². The molecule has 1 heterocycles. The lowest BCUT2D eigenvalue weighted by Crippen LogP contribution is -2.31. The number of rotatable bonds is 4. The van der Waals surface area contributed by atoms with Crippen LogP contribution in [0, 0.1) is 0 Å². The summed E-state index contributed by atoms with van der Waals surface area (Å²) in [6, 6.07) is 4.15. The third-order valence-electron chi connectivity index (χ3n) is 2.65. The van der Waals surface area contributed by atoms with Crippen LogP contribution in [-0.2, 0) is 16.6 Å². The number of amides is 1. The molecular formula is C12H11Cl2N3O3S. The molecule has 0 atom stereocenters. The van der Waals surface area contributed by atoms with Crippen LogP contribution >= 0.6 is 23.2 Å². The summed E-state index contributed by atoms with van der Waals surface area (Å²) in [5.74, 6) is -0.845. The molecule has 0 unspecified atom stereocenters. The van der Waals surface area contributed by atoms with Gasteiger partial charge in [0.25, 0.3) is 15.9 Å². The molecule has 2 rings (SSSR count). The van der Waals surface area contributed by atoms with E-state index in [4.69, 9.17) is 23.2 Å². The number of hydrogen-bond donors (Lipinski definition) is 1. The molecule has 1 aromatic carbocycles. The first-order chi connectivity index (χ1) is 9.83. The van der Waals surface area contributed by atoms with Crippen LogP contribution in [-0.4, -0.2) is 23.9 Å². The number of nitrogens with one attached hydrogen (secondary N) is 1. The molecular weight excluding hydrogens is 337 g/mol. The molecule has 21 heavy (non-hydrogen) atoms. The van der Waals surface area contributed by atoms with E-state index >= 15 is 0 Å². The minimum Gasteiger partial charge on any atom is -0.336 e. The largest absolute Gasteiger partial charge is 0.336 e. The predicted molar refractivity (Wildman–Crippen MR) is 79.0 cm³/mol. The van der Waals surface area contributed by atoms with Gasteiger partial charge in [-0.25, -0.2) is 9.71 Å². The molecule has 112 valence electrons. The topological polar surface area (TPSA) is 81.1 Å². The van der Waals surface area contributed by atoms with Crippen LogP contribution in [0.15, 0.2) is 35.7 Å². The van der Waals surface area contributed by atoms with Crippen LogP contribution in [0.5, 0.6) is 0 Å². The van der Waals surface area contributed by atoms with Crippen molar-refractivity contribution in [3.63, 3.8) is 0 Å². The number of sulfonamides is 1. The first-order valence-electron chi connectivity index (χ1n) is 5.87. The van der Waals surface area contributed by atoms with Gasteiger partial charge in [-0.1, -0.05) is 23.2 Å². The lowest BCUT2D eigenvalue weighted by atomic mass is 10.2. The van der Waals surface area contributed by atoms with E-state index in [9.17, 15) is 13.2 Å². The maximum absolute atomic E-state index is 12.0. The van der Waals surface area contributed by atoms with Crippen LogP contribution < -0.4 is 4.72 Å². The van der Waals surface area contributed by atoms with Gasteiger partial charge in [0.1, 0.15) is 0 Å². The third-order valence-corrected chi connectivity index (χ3v) is 4.42. The summed E-state index contributed by atoms with van der Waals surface area (Å²) >= 11 is 11.6. The van der Waals surface area contributed by atoms with Gasteiger partial charge in [-0.05, 0) is 25.1 Å². The lowest BCUT2D eigenvalue weighted by molar-refractivity contribution is 0.0981. The Labute approximate surface area is 131 Å². The summed E-state index contributed by atoms with van der Waals surface area (Å²) in [4.78, 5) is 15.7. The minimum atomic E-state index is -4.05. The maximum Gasteiger partial charge on any atom is 0.283 e. The van der Waals surface area contributed by atoms with Gasteiger partial charge < -0.3 is 4.57 Å². The highest BCUT2D eigenvalue weighted by molar-refractivity contribution is 7.90. The normalized spacial score (nSPS) is 11.4. The van der Waals surface area contributed by atoms with Gasteiger partial charge in [-0.3, -0.25) is 4.79 Å². The standard InChI is InChI=1S/C12H11Cl2N3O3S/c1-2-17-6-11(15-7-17)21(19,20)16-12(18)9-4-3-8(13)5-10(9)14/h3-7H,2H2,1H3,(H,16,18). The molecule has 1 aromatic heterocycles. The van der Waals surface area contributed by atoms with Crippen molar-refractivity contribution in [1.29, 1.82) is 0 Å². The first-order valence-corrected chi connectivity index (χ1v) is 8.11. The van der Waals surface area contributed by atoms with Crippen molar-refractivity contribution in [1.82, 2.24) is 14.3 Å². The zero-order valence-electron chi connectivity index (χ0n) is 10.9. The number of halogens is 2. The van der Waals surface area contributed by atoms with E-state index in [1.807, 2.05) is 11.6 Å². The minimum absolute atomic E-state index is 0.0135. The highest BCUT2D eigenvalue weighted by Crippen LogP contribution is 2.21. The van der Waals surface area contributed by atoms with Crippen LogP contribution in [0.2, 0.25) is 10.0 Å². The molecule has 9 heteroatoms. The van der Waals surface area contributed by atoms with E-state index in [1.54, 1.807) is 4.57 Å². The predicted octanol–water partition coefficient (Wildman–Crippen LogP) is 2.33. The summed E-state index contributed by atoms with van der Waals surface area (Å²) in [7, 11) is -4.05. The van der Waals surface area contributed by atoms with Crippen molar-refractivity contribution in [2.75, 3.05) is 0 Å². The quantitative estimate of drug-likeness (QED) is 0.920. The molecule has 0 bridgehead atoms. The fourth-order valence-corrected chi connectivity index (χ4v) is 2.97. The Morgan fingerprint density at radius 2 is 2.10 bits per heavy atom. The van der Waals surface area contributed by atoms with Gasteiger partial charge in [0.2, 0.25) is 0 Å². The Hall–Kier alpha value is -1.57. The van der Waals surface area contributed by atoms with Crippen molar-refractivity contribution < 1.29 is 13.2 Å². The fourth-order valence-electron chi connectivity index (χ4n) is 1.55. The number of carbonyl (C=O) groups is 1. The second-order valence-electron chi connectivity index (χ2n) is 4.10. The van der Waals surface area contributed by atoms with Crippen LogP contribution in [0.1, 0.15) is 17.3 Å². The fraction of sp³-hybridized carbons (Fsp3) is 0.167. The summed E-state index contributed by atoms with van der Waals surface area (Å²) < 4.78 is 27.6. The Kier molecular flexibility index (Phi) is 4.55. The van der Waals surface area contributed by atoms with Crippen LogP contribution in [0.4, 0.5) is 0 Å². The molecule has 0 aliphatic heterocycles. The van der Waals surface area contributed by atoms with Crippen molar-refractivity contribution in [3.05, 3.63) is 46.3 Å². The number of aromatic nitrogens is 2. The Morgan fingerprint density at radius 3 is 2.67 bits per heavy atom. The average Bonchev–Trinajstić information content (AvgIpc) is 2.87. The number of imidazole rings is 1. The Balaban J connectivity index is 2.25. The molecule has 1 amide bonds. The highest BCUT2D eigenvalue weighted by Gasteiger charge is 2.22. The monoisotopic (exact) mass is 347 g/mol. The number of benzene rings is 1. The smallest absolute Gasteiger partial charge is 0.283 e. The lowest BCUT2D eigenvalue weighted by Gasteiger charge is -2.06. The molecule has 0 saturated heterocycles. The van der Waals surface area contributed by atoms with Crippen molar-refractivity contribution in [2.24, 2.45) is 0 Å². The van der Waals surface area contributed by atoms with Gasteiger partial charge in [-0.15, -0.1) is 0 Å². The van der Waals surface area contributed by atoms with E-state index in [-0.39, 0.29) is 15.6 Å². The van der Waals surface area contributed by atoms with Gasteiger partial charge in [-0.2, -0.15) is 8.42 Å². The summed E-state index contributed by atoms with van der Waals surface area (Å²) in [6.07, 6.45) is 2.70. The van der Waals surface area contributed by atoms with Crippen LogP contribution in [0.3, 0.4) is 0 Å². The van der Waals surface area contributed by atoms with Gasteiger partial charge in [0.05, 0.1) is 16.9 Å². The number of aryl methyl sites for hydroxylation is 1. The van der Waals surface area contributed by atoms with Crippen molar-refractivity contribution in [3.8, 4) is 0 Å². The molecule has 0 radical (unpaired) electrons. The average molecular weight is 348 g/mol. The zero-order valence-corrected chi connectivity index (χ0v) is 13.2. The second kappa shape index (κ2) is 6.05. The molecule has 0 fully saturated rings. The Bertz CT molecular complexity index is 787. The van der Waals surface area contributed by atoms with Crippen LogP contribution in [0.25, 0.3) is 0 Å². The SMILES string of the molecule is CCn1cnc(S(=O)(=O)NC(=O)c2ccc(Cl)cc2Cl)c1. The number of carbonyl (C=O) groups excluding carboxylic acids is 1. The third kappa shape index (κ3) is 3.55. The van der Waals surface area contributed by atoms with E-state index < -0.39 is 15.9 Å². The summed E-state index contributed by atoms with van der Waals surface area (Å²) in [6.45, 7) is 2.41. The van der Waals surface area contributed by atoms with E-state index in [0.29, 0.717) is 11.6 Å². The first kappa shape index (κ1) is 15.8. The molecule has 0 saturated carbocycles. The van der Waals surface area contributed by atoms with Gasteiger partial charge >= 0.3 is 0 Å². The highest BCUT2D eigenvalue weighted by atomic mass is 35.5. The number of hydrogen-bond acceptors (Lipinski definition) is 4. The molecule has 0 aliphatic rings. The van der Waals surface area contributed by atoms with Gasteiger partial charge in [0, 0.05) is 17.8 Å². The molecule has 1 N–H and O–H groups in total. The molecule has 6 nitrogen and oxygen atoms in total. The van der Waals surface area contributed by atoms with E-state index in [2.05, 4.69) is 4.98 Å². The van der Waals surface area contributed by atoms with Crippen molar-refractivity contribution in [2.45, 2.75) is 18.5 Å². The van der Waals surface area contributed by atoms with Gasteiger partial charge in [0.15, 0.2) is 5.03 Å². The molecule has 0 aliphatic carbocycles. The maximum atomic E-state index is 12.0. The zero-order chi connectivity index (χ0) is 15.6. The summed E-state index contributed by atoms with van der Waals surface area (Å²) in [5, 5.41) is 0.179. The number of nitrogens with zero attached hydrogens (tertiary/aromatic N) is 2. The molecule has 0 spiro atoms. The summed E-state index contributed by atoms with van der Waals surface area (Å²) in [5.41, 5.74) is 0.0135. The van der Waals surface area contributed by atoms with E-state index in [1.165, 1.54) is 30.7 Å². The Morgan fingerprint density at radius 1 is 1.38 bits per heavy atom. The second-order valence-corrected chi connectivity index (χ2v) is 6.57. The molecule has 2 aromatic rings. The van der Waals surface area contributed by atoms with E-state index in [0.717, 1.165) is 0 Å².